The van der Waals surface area contributed by atoms with Gasteiger partial charge < -0.3 is 0 Å². The summed E-state index contributed by atoms with van der Waals surface area (Å²) in [5, 5.41) is 0. The Bertz CT molecular complexity index is 532. The Balaban J connectivity index is 1.68. The number of fused-ring (bicyclic) bond motifs is 5. The van der Waals surface area contributed by atoms with Crippen molar-refractivity contribution in [1.82, 2.24) is 0 Å². The van der Waals surface area contributed by atoms with E-state index < -0.39 is 0 Å². The second-order valence-corrected chi connectivity index (χ2v) is 8.24. The van der Waals surface area contributed by atoms with Gasteiger partial charge in [-0.15, -0.1) is 0 Å². The van der Waals surface area contributed by atoms with Crippen LogP contribution in [0.5, 0.6) is 0 Å². The molecular formula is C19H26O2. The first kappa shape index (κ1) is 13.7. The molecule has 3 fully saturated rings. The Labute approximate surface area is 127 Å². The fourth-order valence-corrected chi connectivity index (χ4v) is 6.27. The number of Topliss-reactive ketones (excluding diaryl/α,β-unsaturated/α-hetero) is 1. The Morgan fingerprint density at radius 1 is 1.10 bits per heavy atom. The van der Waals surface area contributed by atoms with Crippen LogP contribution in [-0.4, -0.2) is 11.6 Å². The lowest BCUT2D eigenvalue weighted by molar-refractivity contribution is -0.131. The molecule has 0 aromatic heterocycles. The van der Waals surface area contributed by atoms with Crippen molar-refractivity contribution < 1.29 is 9.59 Å². The number of carbonyl (C=O) groups excluding carboxylic acids is 2. The summed E-state index contributed by atoms with van der Waals surface area (Å²) in [4.78, 5) is 24.1. The maximum Gasteiger partial charge on any atom is 0.155 e. The number of hydrogen-bond donors (Lipinski definition) is 0. The Kier molecular flexibility index (Phi) is 2.96. The van der Waals surface area contributed by atoms with E-state index in [0.29, 0.717) is 29.3 Å². The zero-order valence-corrected chi connectivity index (χ0v) is 13.2. The molecule has 0 radical (unpaired) electrons. The molecule has 0 bridgehead atoms. The second kappa shape index (κ2) is 4.54. The van der Waals surface area contributed by atoms with E-state index in [1.54, 1.807) is 0 Å². The van der Waals surface area contributed by atoms with Crippen molar-refractivity contribution in [1.29, 1.82) is 0 Å². The summed E-state index contributed by atoms with van der Waals surface area (Å²) in [5.41, 5.74) is 1.42. The molecule has 1 unspecified atom stereocenters. The van der Waals surface area contributed by atoms with E-state index in [9.17, 15) is 9.59 Å². The maximum atomic E-state index is 12.4. The Morgan fingerprint density at radius 3 is 2.71 bits per heavy atom. The number of ketones is 2. The normalized spacial score (nSPS) is 49.2. The third-order valence-electron chi connectivity index (χ3n) is 7.37. The topological polar surface area (TPSA) is 34.1 Å². The third kappa shape index (κ3) is 1.83. The van der Waals surface area contributed by atoms with Crippen LogP contribution in [0.4, 0.5) is 0 Å². The Hall–Kier alpha value is -0.920. The lowest BCUT2D eigenvalue weighted by atomic mass is 9.50. The minimum Gasteiger partial charge on any atom is -0.299 e. The molecular weight excluding hydrogens is 260 g/mol. The molecule has 4 rings (SSSR count). The van der Waals surface area contributed by atoms with E-state index in [4.69, 9.17) is 0 Å². The fourth-order valence-electron chi connectivity index (χ4n) is 6.27. The van der Waals surface area contributed by atoms with Crippen LogP contribution in [0.25, 0.3) is 0 Å². The van der Waals surface area contributed by atoms with E-state index >= 15 is 0 Å². The summed E-state index contributed by atoms with van der Waals surface area (Å²) in [6.07, 6.45) is 9.20. The van der Waals surface area contributed by atoms with Gasteiger partial charge in [0.05, 0.1) is 0 Å². The van der Waals surface area contributed by atoms with Gasteiger partial charge in [-0.25, -0.2) is 0 Å². The van der Waals surface area contributed by atoms with Crippen molar-refractivity contribution in [2.75, 3.05) is 0 Å². The first-order chi connectivity index (χ1) is 10.0. The largest absolute Gasteiger partial charge is 0.299 e. The molecule has 0 aliphatic heterocycles. The van der Waals surface area contributed by atoms with E-state index in [1.165, 1.54) is 18.4 Å². The van der Waals surface area contributed by atoms with Gasteiger partial charge >= 0.3 is 0 Å². The fraction of sp³-hybridized carbons (Fsp3) is 0.789. The van der Waals surface area contributed by atoms with Crippen LogP contribution < -0.4 is 0 Å². The van der Waals surface area contributed by atoms with E-state index in [1.807, 2.05) is 6.08 Å². The van der Waals surface area contributed by atoms with Gasteiger partial charge in [-0.1, -0.05) is 19.4 Å². The zero-order chi connectivity index (χ0) is 14.8. The highest BCUT2D eigenvalue weighted by atomic mass is 16.1. The quantitative estimate of drug-likeness (QED) is 0.676. The predicted molar refractivity (Wildman–Crippen MR) is 81.6 cm³/mol. The molecule has 3 saturated carbocycles. The summed E-state index contributed by atoms with van der Waals surface area (Å²) in [6, 6.07) is 0. The van der Waals surface area contributed by atoms with Crippen LogP contribution in [0.3, 0.4) is 0 Å². The molecule has 0 saturated heterocycles. The molecule has 4 aliphatic carbocycles. The van der Waals surface area contributed by atoms with Gasteiger partial charge in [0.25, 0.3) is 0 Å². The molecule has 0 aromatic carbocycles. The highest BCUT2D eigenvalue weighted by Gasteiger charge is 2.56. The Morgan fingerprint density at radius 2 is 1.90 bits per heavy atom. The van der Waals surface area contributed by atoms with Crippen molar-refractivity contribution in [3.63, 3.8) is 0 Å². The molecule has 6 atom stereocenters. The number of rotatable bonds is 0. The van der Waals surface area contributed by atoms with Crippen molar-refractivity contribution in [3.05, 3.63) is 11.6 Å². The van der Waals surface area contributed by atoms with Gasteiger partial charge in [0.1, 0.15) is 5.78 Å². The molecule has 0 spiro atoms. The maximum absolute atomic E-state index is 12.4. The van der Waals surface area contributed by atoms with Crippen molar-refractivity contribution in [2.45, 2.75) is 58.8 Å². The van der Waals surface area contributed by atoms with Gasteiger partial charge in [0, 0.05) is 18.3 Å². The second-order valence-electron chi connectivity index (χ2n) is 8.24. The van der Waals surface area contributed by atoms with Crippen molar-refractivity contribution in [2.24, 2.45) is 35.0 Å². The molecule has 114 valence electrons. The minimum absolute atomic E-state index is 0.0212. The molecule has 0 heterocycles. The van der Waals surface area contributed by atoms with Crippen LogP contribution in [0.2, 0.25) is 0 Å². The molecule has 4 aliphatic rings. The van der Waals surface area contributed by atoms with E-state index in [-0.39, 0.29) is 5.41 Å². The standard InChI is InChI=1S/C19H26O2/c1-11-9-16-14(13-4-3-12(20)10-15(11)13)7-8-19(2)17(16)5-6-18(19)21/h10-11,13-14,16-17H,3-9H2,1-2H3/t11?,13-,14-,16-,17+,19+/m1/s1. The first-order valence-electron chi connectivity index (χ1n) is 8.78. The lowest BCUT2D eigenvalue weighted by Gasteiger charge is -2.53. The summed E-state index contributed by atoms with van der Waals surface area (Å²) in [6.45, 7) is 4.54. The van der Waals surface area contributed by atoms with Gasteiger partial charge in [-0.3, -0.25) is 9.59 Å². The highest BCUT2D eigenvalue weighted by molar-refractivity contribution is 5.91. The van der Waals surface area contributed by atoms with E-state index in [0.717, 1.165) is 43.9 Å². The van der Waals surface area contributed by atoms with Crippen LogP contribution in [0.1, 0.15) is 58.8 Å². The highest BCUT2D eigenvalue weighted by Crippen LogP contribution is 2.61. The molecule has 0 N–H and O–H groups in total. The van der Waals surface area contributed by atoms with Gasteiger partial charge in [-0.05, 0) is 67.8 Å². The minimum atomic E-state index is -0.0212. The monoisotopic (exact) mass is 286 g/mol. The summed E-state index contributed by atoms with van der Waals surface area (Å²) in [7, 11) is 0. The van der Waals surface area contributed by atoms with Crippen LogP contribution in [-0.2, 0) is 9.59 Å². The average Bonchev–Trinajstić information content (AvgIpc) is 2.76. The molecule has 0 amide bonds. The smallest absolute Gasteiger partial charge is 0.155 e. The SMILES string of the molecule is CC1C[C@@H]2[C@H](CC[C@]3(C)C(=O)CC[C@@H]23)[C@H]2CCC(=O)C=C12. The van der Waals surface area contributed by atoms with E-state index in [2.05, 4.69) is 13.8 Å². The van der Waals surface area contributed by atoms with Crippen molar-refractivity contribution in [3.8, 4) is 0 Å². The molecule has 2 nitrogen and oxygen atoms in total. The third-order valence-corrected chi connectivity index (χ3v) is 7.37. The van der Waals surface area contributed by atoms with Crippen LogP contribution in [0.15, 0.2) is 11.6 Å². The lowest BCUT2D eigenvalue weighted by Crippen LogP contribution is -2.48. The summed E-state index contributed by atoms with van der Waals surface area (Å²) in [5.74, 6) is 4.12. The van der Waals surface area contributed by atoms with Gasteiger partial charge in [-0.2, -0.15) is 0 Å². The molecule has 0 aromatic rings. The van der Waals surface area contributed by atoms with Gasteiger partial charge in [0.2, 0.25) is 0 Å². The molecule has 2 heteroatoms. The predicted octanol–water partition coefficient (Wildman–Crippen LogP) is 3.94. The van der Waals surface area contributed by atoms with Crippen LogP contribution in [0, 0.1) is 35.0 Å². The average molecular weight is 286 g/mol. The van der Waals surface area contributed by atoms with Crippen LogP contribution >= 0.6 is 0 Å². The number of carbonyl (C=O) groups is 2. The summed E-state index contributed by atoms with van der Waals surface area (Å²) >= 11 is 0. The number of allylic oxidation sites excluding steroid dienone is 1. The summed E-state index contributed by atoms with van der Waals surface area (Å²) < 4.78 is 0. The molecule has 21 heavy (non-hydrogen) atoms. The van der Waals surface area contributed by atoms with Gasteiger partial charge in [0.15, 0.2) is 5.78 Å². The van der Waals surface area contributed by atoms with Crippen molar-refractivity contribution >= 4 is 11.6 Å². The first-order valence-corrected chi connectivity index (χ1v) is 8.78. The number of hydrogen-bond acceptors (Lipinski definition) is 2. The zero-order valence-electron chi connectivity index (χ0n) is 13.2.